The van der Waals surface area contributed by atoms with Crippen molar-refractivity contribution in [3.05, 3.63) is 29.6 Å². The number of halogens is 1. The zero-order valence-corrected chi connectivity index (χ0v) is 11.7. The fourth-order valence-corrected chi connectivity index (χ4v) is 2.92. The molecule has 1 aromatic carbocycles. The molecule has 1 aliphatic carbocycles. The highest BCUT2D eigenvalue weighted by Gasteiger charge is 2.19. The predicted molar refractivity (Wildman–Crippen MR) is 75.5 cm³/mol. The summed E-state index contributed by atoms with van der Waals surface area (Å²) < 4.78 is 13.2. The van der Waals surface area contributed by atoms with Crippen molar-refractivity contribution >= 4 is 0 Å². The van der Waals surface area contributed by atoms with Crippen molar-refractivity contribution in [3.63, 3.8) is 0 Å². The molecule has 1 fully saturated rings. The summed E-state index contributed by atoms with van der Waals surface area (Å²) in [5, 5.41) is 12.5. The molecule has 0 amide bonds. The Labute approximate surface area is 115 Å². The molecular formula is C16H24FNO. The normalized spacial score (nSPS) is 23.5. The van der Waals surface area contributed by atoms with Crippen LogP contribution in [0.15, 0.2) is 18.2 Å². The van der Waals surface area contributed by atoms with Gasteiger partial charge in [-0.05, 0) is 48.9 Å². The number of benzene rings is 1. The third-order valence-electron chi connectivity index (χ3n) is 4.32. The quantitative estimate of drug-likeness (QED) is 0.848. The molecule has 0 atom stereocenters. The third-order valence-corrected chi connectivity index (χ3v) is 4.32. The van der Waals surface area contributed by atoms with E-state index in [1.165, 1.54) is 44.2 Å². The van der Waals surface area contributed by atoms with E-state index in [4.69, 9.17) is 5.11 Å². The molecule has 2 N–H and O–H groups in total. The fourth-order valence-electron chi connectivity index (χ4n) is 2.92. The van der Waals surface area contributed by atoms with Crippen LogP contribution in [0.2, 0.25) is 0 Å². The lowest BCUT2D eigenvalue weighted by Gasteiger charge is -2.27. The third kappa shape index (κ3) is 4.20. The van der Waals surface area contributed by atoms with E-state index in [0.29, 0.717) is 6.54 Å². The molecule has 0 bridgehead atoms. The molecule has 19 heavy (non-hydrogen) atoms. The average Bonchev–Trinajstić information content (AvgIpc) is 2.43. The van der Waals surface area contributed by atoms with E-state index < -0.39 is 5.82 Å². The molecular weight excluding hydrogens is 241 g/mol. The van der Waals surface area contributed by atoms with Crippen LogP contribution in [0.3, 0.4) is 0 Å². The lowest BCUT2D eigenvalue weighted by molar-refractivity contribution is 0.262. The monoisotopic (exact) mass is 265 g/mol. The first-order valence-corrected chi connectivity index (χ1v) is 7.37. The minimum absolute atomic E-state index is 0.276. The summed E-state index contributed by atoms with van der Waals surface area (Å²) in [4.78, 5) is 0. The maximum atomic E-state index is 13.2. The van der Waals surface area contributed by atoms with Crippen LogP contribution in [0.25, 0.3) is 0 Å². The van der Waals surface area contributed by atoms with Gasteiger partial charge in [-0.3, -0.25) is 0 Å². The number of phenolic OH excluding ortho intramolecular Hbond substituents is 1. The van der Waals surface area contributed by atoms with Crippen LogP contribution in [0.5, 0.6) is 5.75 Å². The molecule has 106 valence electrons. The average molecular weight is 265 g/mol. The van der Waals surface area contributed by atoms with Crippen molar-refractivity contribution in [3.8, 4) is 5.75 Å². The minimum Gasteiger partial charge on any atom is -0.505 e. The van der Waals surface area contributed by atoms with E-state index >= 15 is 0 Å². The highest BCUT2D eigenvalue weighted by molar-refractivity contribution is 5.27. The van der Waals surface area contributed by atoms with E-state index in [9.17, 15) is 4.39 Å². The molecule has 2 nitrogen and oxygen atoms in total. The summed E-state index contributed by atoms with van der Waals surface area (Å²) in [7, 11) is 0. The van der Waals surface area contributed by atoms with Gasteiger partial charge in [0.15, 0.2) is 11.6 Å². The van der Waals surface area contributed by atoms with Gasteiger partial charge in [-0.1, -0.05) is 32.3 Å². The summed E-state index contributed by atoms with van der Waals surface area (Å²) in [5.41, 5.74) is 0.887. The van der Waals surface area contributed by atoms with Crippen LogP contribution >= 0.6 is 0 Å². The number of rotatable bonds is 5. The van der Waals surface area contributed by atoms with Gasteiger partial charge in [0.2, 0.25) is 0 Å². The molecule has 1 aliphatic rings. The second-order valence-corrected chi connectivity index (χ2v) is 5.71. The molecule has 0 heterocycles. The van der Waals surface area contributed by atoms with Crippen LogP contribution in [0, 0.1) is 17.7 Å². The van der Waals surface area contributed by atoms with Crippen LogP contribution in [0.4, 0.5) is 4.39 Å². The Bertz CT molecular complexity index is 400. The van der Waals surface area contributed by atoms with Crippen molar-refractivity contribution in [2.45, 2.75) is 45.6 Å². The topological polar surface area (TPSA) is 32.3 Å². The first-order chi connectivity index (χ1) is 9.19. The second kappa shape index (κ2) is 6.90. The standard InChI is InChI=1S/C16H24FNO/c1-2-12-3-5-13(6-4-12)10-18-11-14-7-8-16(19)15(17)9-14/h7-9,12-13,18-19H,2-6,10-11H2,1H3. The summed E-state index contributed by atoms with van der Waals surface area (Å²) >= 11 is 0. The van der Waals surface area contributed by atoms with Crippen molar-refractivity contribution < 1.29 is 9.50 Å². The highest BCUT2D eigenvalue weighted by Crippen LogP contribution is 2.30. The van der Waals surface area contributed by atoms with Gasteiger partial charge in [0.25, 0.3) is 0 Å². The van der Waals surface area contributed by atoms with Gasteiger partial charge < -0.3 is 10.4 Å². The van der Waals surface area contributed by atoms with Crippen LogP contribution < -0.4 is 5.32 Å². The summed E-state index contributed by atoms with van der Waals surface area (Å²) in [6.45, 7) is 3.96. The number of phenols is 1. The zero-order valence-electron chi connectivity index (χ0n) is 11.7. The summed E-state index contributed by atoms with van der Waals surface area (Å²) in [5.74, 6) is 0.886. The maximum Gasteiger partial charge on any atom is 0.165 e. The van der Waals surface area contributed by atoms with E-state index in [0.717, 1.165) is 23.9 Å². The van der Waals surface area contributed by atoms with Gasteiger partial charge in [-0.25, -0.2) is 4.39 Å². The number of nitrogens with one attached hydrogen (secondary N) is 1. The van der Waals surface area contributed by atoms with Gasteiger partial charge in [0.05, 0.1) is 0 Å². The van der Waals surface area contributed by atoms with Crippen LogP contribution in [0.1, 0.15) is 44.6 Å². The second-order valence-electron chi connectivity index (χ2n) is 5.71. The predicted octanol–water partition coefficient (Wildman–Crippen LogP) is 3.84. The maximum absolute atomic E-state index is 13.2. The number of hydrogen-bond donors (Lipinski definition) is 2. The first-order valence-electron chi connectivity index (χ1n) is 7.37. The van der Waals surface area contributed by atoms with Crippen molar-refractivity contribution in [1.82, 2.24) is 5.32 Å². The Balaban J connectivity index is 1.70. The molecule has 0 saturated heterocycles. The zero-order chi connectivity index (χ0) is 13.7. The summed E-state index contributed by atoms with van der Waals surface area (Å²) in [6, 6.07) is 4.58. The highest BCUT2D eigenvalue weighted by atomic mass is 19.1. The molecule has 1 aromatic rings. The lowest BCUT2D eigenvalue weighted by Crippen LogP contribution is -2.26. The molecule has 0 radical (unpaired) electrons. The Hall–Kier alpha value is -1.09. The molecule has 3 heteroatoms. The van der Waals surface area contributed by atoms with Crippen molar-refractivity contribution in [2.75, 3.05) is 6.54 Å². The van der Waals surface area contributed by atoms with Gasteiger partial charge in [0.1, 0.15) is 0 Å². The minimum atomic E-state index is -0.539. The van der Waals surface area contributed by atoms with Gasteiger partial charge in [0, 0.05) is 6.54 Å². The SMILES string of the molecule is CCC1CCC(CNCc2ccc(O)c(F)c2)CC1. The largest absolute Gasteiger partial charge is 0.505 e. The molecule has 0 aliphatic heterocycles. The Morgan fingerprint density at radius 2 is 1.89 bits per heavy atom. The first kappa shape index (κ1) is 14.3. The molecule has 0 unspecified atom stereocenters. The Morgan fingerprint density at radius 3 is 2.53 bits per heavy atom. The van der Waals surface area contributed by atoms with Crippen molar-refractivity contribution in [1.29, 1.82) is 0 Å². The number of aromatic hydroxyl groups is 1. The molecule has 0 aromatic heterocycles. The van der Waals surface area contributed by atoms with E-state index in [-0.39, 0.29) is 5.75 Å². The van der Waals surface area contributed by atoms with Crippen LogP contribution in [-0.2, 0) is 6.54 Å². The van der Waals surface area contributed by atoms with Gasteiger partial charge in [-0.2, -0.15) is 0 Å². The van der Waals surface area contributed by atoms with Gasteiger partial charge >= 0.3 is 0 Å². The summed E-state index contributed by atoms with van der Waals surface area (Å²) in [6.07, 6.45) is 6.66. The number of hydrogen-bond acceptors (Lipinski definition) is 2. The van der Waals surface area contributed by atoms with E-state index in [1.54, 1.807) is 6.07 Å². The fraction of sp³-hybridized carbons (Fsp3) is 0.625. The van der Waals surface area contributed by atoms with Crippen LogP contribution in [-0.4, -0.2) is 11.7 Å². The smallest absolute Gasteiger partial charge is 0.165 e. The van der Waals surface area contributed by atoms with Crippen molar-refractivity contribution in [2.24, 2.45) is 11.8 Å². The van der Waals surface area contributed by atoms with Gasteiger partial charge in [-0.15, -0.1) is 0 Å². The molecule has 2 rings (SSSR count). The molecule has 0 spiro atoms. The Morgan fingerprint density at radius 1 is 1.21 bits per heavy atom. The Kier molecular flexibility index (Phi) is 5.20. The molecule has 1 saturated carbocycles. The van der Waals surface area contributed by atoms with E-state index in [1.807, 2.05) is 0 Å². The lowest BCUT2D eigenvalue weighted by atomic mass is 9.81. The van der Waals surface area contributed by atoms with E-state index in [2.05, 4.69) is 12.2 Å².